The SMILES string of the molecule is CCCCCC(c1ccccc1)c1cccc(C(CCCCC)c2ccccc2)c1. The van der Waals surface area contributed by atoms with Gasteiger partial charge in [0.1, 0.15) is 0 Å². The van der Waals surface area contributed by atoms with Crippen molar-refractivity contribution in [1.29, 1.82) is 0 Å². The van der Waals surface area contributed by atoms with Gasteiger partial charge in [-0.15, -0.1) is 0 Å². The Hall–Kier alpha value is -2.34. The Bertz CT molecular complexity index is 765. The molecule has 2 atom stereocenters. The van der Waals surface area contributed by atoms with E-state index in [1.165, 1.54) is 73.6 Å². The van der Waals surface area contributed by atoms with Gasteiger partial charge in [-0.25, -0.2) is 0 Å². The zero-order valence-corrected chi connectivity index (χ0v) is 18.9. The van der Waals surface area contributed by atoms with Crippen LogP contribution in [0, 0.1) is 0 Å². The lowest BCUT2D eigenvalue weighted by molar-refractivity contribution is 0.609. The number of benzene rings is 3. The predicted octanol–water partition coefficient (Wildman–Crippen LogP) is 9.11. The van der Waals surface area contributed by atoms with Crippen molar-refractivity contribution >= 4 is 0 Å². The largest absolute Gasteiger partial charge is 0.0654 e. The normalized spacial score (nSPS) is 13.1. The van der Waals surface area contributed by atoms with E-state index in [0.717, 1.165) is 0 Å². The van der Waals surface area contributed by atoms with Gasteiger partial charge in [0.15, 0.2) is 0 Å². The van der Waals surface area contributed by atoms with E-state index in [4.69, 9.17) is 0 Å². The summed E-state index contributed by atoms with van der Waals surface area (Å²) < 4.78 is 0. The summed E-state index contributed by atoms with van der Waals surface area (Å²) in [6, 6.07) is 31.7. The second kappa shape index (κ2) is 12.4. The number of unbranched alkanes of at least 4 members (excludes halogenated alkanes) is 4. The summed E-state index contributed by atoms with van der Waals surface area (Å²) in [5, 5.41) is 0. The Morgan fingerprint density at radius 3 is 1.27 bits per heavy atom. The van der Waals surface area contributed by atoms with E-state index >= 15 is 0 Å². The van der Waals surface area contributed by atoms with Crippen LogP contribution in [0.2, 0.25) is 0 Å². The minimum absolute atomic E-state index is 0.491. The van der Waals surface area contributed by atoms with Crippen LogP contribution in [0.3, 0.4) is 0 Å². The molecule has 0 N–H and O–H groups in total. The molecule has 3 aromatic carbocycles. The van der Waals surface area contributed by atoms with Crippen molar-refractivity contribution in [2.75, 3.05) is 0 Å². The molecule has 0 radical (unpaired) electrons. The summed E-state index contributed by atoms with van der Waals surface area (Å²) in [5.41, 5.74) is 5.86. The van der Waals surface area contributed by atoms with E-state index in [-0.39, 0.29) is 0 Å². The molecule has 158 valence electrons. The summed E-state index contributed by atoms with van der Waals surface area (Å²) in [7, 11) is 0. The van der Waals surface area contributed by atoms with Crippen molar-refractivity contribution in [1.82, 2.24) is 0 Å². The van der Waals surface area contributed by atoms with E-state index in [9.17, 15) is 0 Å². The molecule has 0 nitrogen and oxygen atoms in total. The minimum Gasteiger partial charge on any atom is -0.0654 e. The zero-order valence-electron chi connectivity index (χ0n) is 18.9. The second-order valence-corrected chi connectivity index (χ2v) is 8.59. The zero-order chi connectivity index (χ0) is 21.0. The van der Waals surface area contributed by atoms with Gasteiger partial charge in [-0.05, 0) is 35.1 Å². The first kappa shape index (κ1) is 22.3. The van der Waals surface area contributed by atoms with Gasteiger partial charge in [-0.2, -0.15) is 0 Å². The molecule has 3 aromatic rings. The third-order valence-electron chi connectivity index (χ3n) is 6.31. The third-order valence-corrected chi connectivity index (χ3v) is 6.31. The van der Waals surface area contributed by atoms with Crippen LogP contribution < -0.4 is 0 Å². The maximum Gasteiger partial charge on any atom is 0.00894 e. The Labute approximate surface area is 184 Å². The van der Waals surface area contributed by atoms with E-state index in [2.05, 4.69) is 98.8 Å². The molecule has 30 heavy (non-hydrogen) atoms. The van der Waals surface area contributed by atoms with Crippen molar-refractivity contribution in [3.05, 3.63) is 107 Å². The molecule has 0 amide bonds. The Morgan fingerprint density at radius 2 is 0.867 bits per heavy atom. The first-order valence-electron chi connectivity index (χ1n) is 12.0. The van der Waals surface area contributed by atoms with E-state index < -0.39 is 0 Å². The molecule has 0 heterocycles. The van der Waals surface area contributed by atoms with Gasteiger partial charge in [0.05, 0.1) is 0 Å². The average molecular weight is 399 g/mol. The van der Waals surface area contributed by atoms with E-state index in [1.54, 1.807) is 0 Å². The smallest absolute Gasteiger partial charge is 0.00894 e. The van der Waals surface area contributed by atoms with Crippen molar-refractivity contribution in [3.63, 3.8) is 0 Å². The molecule has 0 aliphatic carbocycles. The van der Waals surface area contributed by atoms with Crippen LogP contribution in [0.15, 0.2) is 84.9 Å². The molecular formula is C30H38. The first-order valence-corrected chi connectivity index (χ1v) is 12.0. The van der Waals surface area contributed by atoms with Crippen molar-refractivity contribution in [2.45, 2.75) is 77.0 Å². The van der Waals surface area contributed by atoms with Crippen LogP contribution in [0.4, 0.5) is 0 Å². The van der Waals surface area contributed by atoms with Gasteiger partial charge in [0, 0.05) is 11.8 Å². The molecule has 0 saturated carbocycles. The molecule has 0 heteroatoms. The summed E-state index contributed by atoms with van der Waals surface area (Å²) in [6.45, 7) is 4.58. The van der Waals surface area contributed by atoms with Gasteiger partial charge in [0.25, 0.3) is 0 Å². The fourth-order valence-electron chi connectivity index (χ4n) is 4.61. The number of rotatable bonds is 12. The van der Waals surface area contributed by atoms with Gasteiger partial charge >= 0.3 is 0 Å². The monoisotopic (exact) mass is 398 g/mol. The lowest BCUT2D eigenvalue weighted by Gasteiger charge is -2.22. The van der Waals surface area contributed by atoms with E-state index in [0.29, 0.717) is 11.8 Å². The average Bonchev–Trinajstić information content (AvgIpc) is 2.81. The Balaban J connectivity index is 1.91. The molecule has 0 aliphatic rings. The molecule has 3 rings (SSSR count). The molecule has 0 spiro atoms. The van der Waals surface area contributed by atoms with Crippen LogP contribution in [0.5, 0.6) is 0 Å². The molecule has 0 aromatic heterocycles. The van der Waals surface area contributed by atoms with Gasteiger partial charge < -0.3 is 0 Å². The van der Waals surface area contributed by atoms with E-state index in [1.807, 2.05) is 0 Å². The number of hydrogen-bond acceptors (Lipinski definition) is 0. The third kappa shape index (κ3) is 6.33. The Kier molecular flexibility index (Phi) is 9.22. The topological polar surface area (TPSA) is 0 Å². The first-order chi connectivity index (χ1) is 14.8. The fraction of sp³-hybridized carbons (Fsp3) is 0.400. The molecule has 0 aliphatic heterocycles. The van der Waals surface area contributed by atoms with Crippen molar-refractivity contribution in [3.8, 4) is 0 Å². The predicted molar refractivity (Wildman–Crippen MR) is 131 cm³/mol. The number of hydrogen-bond donors (Lipinski definition) is 0. The quantitative estimate of drug-likeness (QED) is 0.267. The Morgan fingerprint density at radius 1 is 0.467 bits per heavy atom. The van der Waals surface area contributed by atoms with Crippen molar-refractivity contribution in [2.24, 2.45) is 0 Å². The van der Waals surface area contributed by atoms with Crippen LogP contribution in [0.1, 0.15) is 99.3 Å². The maximum absolute atomic E-state index is 2.51. The minimum atomic E-state index is 0.491. The summed E-state index contributed by atoms with van der Waals surface area (Å²) >= 11 is 0. The van der Waals surface area contributed by atoms with Crippen LogP contribution in [-0.4, -0.2) is 0 Å². The van der Waals surface area contributed by atoms with Gasteiger partial charge in [-0.3, -0.25) is 0 Å². The van der Waals surface area contributed by atoms with Gasteiger partial charge in [-0.1, -0.05) is 137 Å². The highest BCUT2D eigenvalue weighted by atomic mass is 14.2. The lowest BCUT2D eigenvalue weighted by Crippen LogP contribution is -2.05. The standard InChI is InChI=1S/C30H38/c1-3-5-9-22-29(25-16-11-7-12-17-25)27-20-15-21-28(24-27)30(23-10-6-4-2)26-18-13-8-14-19-26/h7-8,11-21,24,29-30H,3-6,9-10,22-23H2,1-2H3. The maximum atomic E-state index is 2.51. The molecule has 0 saturated heterocycles. The van der Waals surface area contributed by atoms with Crippen LogP contribution in [-0.2, 0) is 0 Å². The van der Waals surface area contributed by atoms with Crippen LogP contribution in [0.25, 0.3) is 0 Å². The molecule has 0 fully saturated rings. The molecule has 2 unspecified atom stereocenters. The summed E-state index contributed by atoms with van der Waals surface area (Å²) in [5.74, 6) is 0.981. The molecule has 0 bridgehead atoms. The lowest BCUT2D eigenvalue weighted by atomic mass is 9.82. The van der Waals surface area contributed by atoms with Crippen LogP contribution >= 0.6 is 0 Å². The van der Waals surface area contributed by atoms with Crippen molar-refractivity contribution < 1.29 is 0 Å². The summed E-state index contributed by atoms with van der Waals surface area (Å²) in [6.07, 6.45) is 10.2. The summed E-state index contributed by atoms with van der Waals surface area (Å²) in [4.78, 5) is 0. The highest BCUT2D eigenvalue weighted by molar-refractivity contribution is 5.39. The molecular weight excluding hydrogens is 360 g/mol. The highest BCUT2D eigenvalue weighted by Gasteiger charge is 2.18. The highest BCUT2D eigenvalue weighted by Crippen LogP contribution is 2.35. The fourth-order valence-corrected chi connectivity index (χ4v) is 4.61. The second-order valence-electron chi connectivity index (χ2n) is 8.59. The van der Waals surface area contributed by atoms with Gasteiger partial charge in [0.2, 0.25) is 0 Å².